The molecule has 1 amide bonds. The van der Waals surface area contributed by atoms with Crippen LogP contribution in [0.1, 0.15) is 34.7 Å². The fraction of sp³-hybridized carbons (Fsp3) is 0.435. The van der Waals surface area contributed by atoms with Crippen LogP contribution in [-0.4, -0.2) is 43.0 Å². The highest BCUT2D eigenvalue weighted by atomic mass is 16.2. The summed E-state index contributed by atoms with van der Waals surface area (Å²) in [6, 6.07) is 15.2. The molecule has 5 nitrogen and oxygen atoms in total. The van der Waals surface area contributed by atoms with Gasteiger partial charge >= 0.3 is 0 Å². The van der Waals surface area contributed by atoms with Gasteiger partial charge in [0.1, 0.15) is 6.04 Å². The Labute approximate surface area is 167 Å². The SMILES string of the molecule is Cc1ccc(C2CC(C(=O)N3CCN(c4ccc(C)cc4C)CC3)NN2)cc1. The molecule has 2 N–H and O–H groups in total. The molecule has 0 aromatic heterocycles. The smallest absolute Gasteiger partial charge is 0.241 e. The molecular weight excluding hydrogens is 348 g/mol. The van der Waals surface area contributed by atoms with E-state index in [0.717, 1.165) is 32.6 Å². The van der Waals surface area contributed by atoms with Gasteiger partial charge in [0.2, 0.25) is 5.91 Å². The molecule has 0 aliphatic carbocycles. The quantitative estimate of drug-likeness (QED) is 0.862. The fourth-order valence-electron chi connectivity index (χ4n) is 4.28. The van der Waals surface area contributed by atoms with Gasteiger partial charge in [-0.15, -0.1) is 0 Å². The van der Waals surface area contributed by atoms with Crippen molar-refractivity contribution >= 4 is 11.6 Å². The lowest BCUT2D eigenvalue weighted by Gasteiger charge is -2.37. The summed E-state index contributed by atoms with van der Waals surface area (Å²) >= 11 is 0. The van der Waals surface area contributed by atoms with E-state index in [4.69, 9.17) is 0 Å². The number of piperazine rings is 1. The van der Waals surface area contributed by atoms with Gasteiger partial charge in [-0.3, -0.25) is 4.79 Å². The van der Waals surface area contributed by atoms with E-state index in [9.17, 15) is 4.79 Å². The van der Waals surface area contributed by atoms with E-state index < -0.39 is 0 Å². The Balaban J connectivity index is 1.33. The molecule has 2 unspecified atom stereocenters. The maximum Gasteiger partial charge on any atom is 0.241 e. The van der Waals surface area contributed by atoms with Crippen molar-refractivity contribution in [3.63, 3.8) is 0 Å². The van der Waals surface area contributed by atoms with Gasteiger partial charge in [0, 0.05) is 37.9 Å². The van der Waals surface area contributed by atoms with Gasteiger partial charge in [-0.25, -0.2) is 10.9 Å². The number of benzene rings is 2. The second kappa shape index (κ2) is 7.94. The number of carbonyl (C=O) groups excluding carboxylic acids is 1. The average Bonchev–Trinajstić information content (AvgIpc) is 3.18. The van der Waals surface area contributed by atoms with Gasteiger partial charge in [0.15, 0.2) is 0 Å². The minimum Gasteiger partial charge on any atom is -0.368 e. The topological polar surface area (TPSA) is 47.6 Å². The van der Waals surface area contributed by atoms with Crippen molar-refractivity contribution in [1.82, 2.24) is 15.8 Å². The van der Waals surface area contributed by atoms with Crippen LogP contribution in [0.2, 0.25) is 0 Å². The zero-order valence-electron chi connectivity index (χ0n) is 17.0. The standard InChI is InChI=1S/C23H30N4O/c1-16-4-7-19(8-5-16)20-15-21(25-24-20)23(28)27-12-10-26(11-13-27)22-9-6-17(2)14-18(22)3/h4-9,14,20-21,24-25H,10-13,15H2,1-3H3. The minimum atomic E-state index is -0.154. The van der Waals surface area contributed by atoms with Crippen molar-refractivity contribution in [2.75, 3.05) is 31.1 Å². The molecule has 2 aliphatic heterocycles. The lowest BCUT2D eigenvalue weighted by atomic mass is 10.0. The van der Waals surface area contributed by atoms with Gasteiger partial charge in [0.25, 0.3) is 0 Å². The summed E-state index contributed by atoms with van der Waals surface area (Å²) in [6.07, 6.45) is 0.791. The first-order valence-electron chi connectivity index (χ1n) is 10.2. The highest BCUT2D eigenvalue weighted by molar-refractivity contribution is 5.82. The van der Waals surface area contributed by atoms with Gasteiger partial charge in [-0.05, 0) is 44.4 Å². The maximum absolute atomic E-state index is 13.0. The molecule has 2 saturated heterocycles. The summed E-state index contributed by atoms with van der Waals surface area (Å²) in [5.74, 6) is 0.211. The number of carbonyl (C=O) groups is 1. The van der Waals surface area contributed by atoms with Crippen molar-refractivity contribution < 1.29 is 4.79 Å². The third-order valence-corrected chi connectivity index (χ3v) is 5.97. The fourth-order valence-corrected chi connectivity index (χ4v) is 4.28. The first-order valence-corrected chi connectivity index (χ1v) is 10.2. The number of aryl methyl sites for hydroxylation is 3. The van der Waals surface area contributed by atoms with Crippen molar-refractivity contribution in [2.45, 2.75) is 39.3 Å². The Kier molecular flexibility index (Phi) is 5.38. The Bertz CT molecular complexity index is 840. The van der Waals surface area contributed by atoms with Gasteiger partial charge < -0.3 is 9.80 Å². The van der Waals surface area contributed by atoms with Crippen LogP contribution in [0.15, 0.2) is 42.5 Å². The van der Waals surface area contributed by atoms with E-state index in [-0.39, 0.29) is 18.0 Å². The highest BCUT2D eigenvalue weighted by Gasteiger charge is 2.34. The van der Waals surface area contributed by atoms with Crippen LogP contribution in [0.25, 0.3) is 0 Å². The summed E-state index contributed by atoms with van der Waals surface area (Å²) in [5, 5.41) is 0. The number of nitrogens with one attached hydrogen (secondary N) is 2. The molecule has 2 aliphatic rings. The minimum absolute atomic E-state index is 0.154. The van der Waals surface area contributed by atoms with Crippen LogP contribution in [0.4, 0.5) is 5.69 Å². The van der Waals surface area contributed by atoms with Crippen LogP contribution in [-0.2, 0) is 4.79 Å². The number of hydrazine groups is 1. The lowest BCUT2D eigenvalue weighted by Crippen LogP contribution is -2.53. The number of amides is 1. The van der Waals surface area contributed by atoms with Gasteiger partial charge in [-0.2, -0.15) is 0 Å². The first kappa shape index (κ1) is 19.0. The molecule has 0 bridgehead atoms. The lowest BCUT2D eigenvalue weighted by molar-refractivity contribution is -0.133. The van der Waals surface area contributed by atoms with E-state index in [2.05, 4.69) is 79.0 Å². The van der Waals surface area contributed by atoms with Crippen LogP contribution >= 0.6 is 0 Å². The van der Waals surface area contributed by atoms with Crippen LogP contribution in [0.3, 0.4) is 0 Å². The molecular formula is C23H30N4O. The molecule has 2 fully saturated rings. The van der Waals surface area contributed by atoms with E-state index in [1.165, 1.54) is 27.9 Å². The predicted octanol–water partition coefficient (Wildman–Crippen LogP) is 2.87. The highest BCUT2D eigenvalue weighted by Crippen LogP contribution is 2.25. The van der Waals surface area contributed by atoms with Gasteiger partial charge in [0.05, 0.1) is 0 Å². The van der Waals surface area contributed by atoms with E-state index in [1.807, 2.05) is 4.90 Å². The summed E-state index contributed by atoms with van der Waals surface area (Å²) in [7, 11) is 0. The van der Waals surface area contributed by atoms with Crippen molar-refractivity contribution in [2.24, 2.45) is 0 Å². The summed E-state index contributed by atoms with van der Waals surface area (Å²) < 4.78 is 0. The van der Waals surface area contributed by atoms with Crippen LogP contribution < -0.4 is 15.8 Å². The number of anilines is 1. The number of hydrogen-bond donors (Lipinski definition) is 2. The summed E-state index contributed by atoms with van der Waals surface area (Å²) in [6.45, 7) is 9.71. The zero-order chi connectivity index (χ0) is 19.7. The Morgan fingerprint density at radius 3 is 2.25 bits per heavy atom. The van der Waals surface area contributed by atoms with E-state index in [0.29, 0.717) is 0 Å². The predicted molar refractivity (Wildman–Crippen MR) is 113 cm³/mol. The molecule has 0 spiro atoms. The van der Waals surface area contributed by atoms with Crippen LogP contribution in [0, 0.1) is 20.8 Å². The van der Waals surface area contributed by atoms with E-state index >= 15 is 0 Å². The van der Waals surface area contributed by atoms with Gasteiger partial charge in [-0.1, -0.05) is 47.5 Å². The second-order valence-corrected chi connectivity index (χ2v) is 8.14. The largest absolute Gasteiger partial charge is 0.368 e. The number of nitrogens with zero attached hydrogens (tertiary/aromatic N) is 2. The zero-order valence-corrected chi connectivity index (χ0v) is 17.0. The number of hydrogen-bond acceptors (Lipinski definition) is 4. The molecule has 4 rings (SSSR count). The molecule has 28 heavy (non-hydrogen) atoms. The molecule has 5 heteroatoms. The van der Waals surface area contributed by atoms with Crippen molar-refractivity contribution in [1.29, 1.82) is 0 Å². The molecule has 0 saturated carbocycles. The molecule has 0 radical (unpaired) electrons. The van der Waals surface area contributed by atoms with Crippen molar-refractivity contribution in [3.05, 3.63) is 64.7 Å². The molecule has 2 heterocycles. The molecule has 2 aromatic rings. The third kappa shape index (κ3) is 3.91. The summed E-state index contributed by atoms with van der Waals surface area (Å²) in [4.78, 5) is 17.4. The third-order valence-electron chi connectivity index (χ3n) is 5.97. The molecule has 148 valence electrons. The average molecular weight is 379 g/mol. The monoisotopic (exact) mass is 378 g/mol. The number of rotatable bonds is 3. The molecule has 2 atom stereocenters. The first-order chi connectivity index (χ1) is 13.5. The van der Waals surface area contributed by atoms with Crippen LogP contribution in [0.5, 0.6) is 0 Å². The Hall–Kier alpha value is -2.37. The van der Waals surface area contributed by atoms with E-state index in [1.54, 1.807) is 0 Å². The van der Waals surface area contributed by atoms with Crippen molar-refractivity contribution in [3.8, 4) is 0 Å². The second-order valence-electron chi connectivity index (χ2n) is 8.14. The Morgan fingerprint density at radius 1 is 0.893 bits per heavy atom. The Morgan fingerprint density at radius 2 is 1.57 bits per heavy atom. The molecule has 2 aromatic carbocycles. The maximum atomic E-state index is 13.0. The summed E-state index contributed by atoms with van der Waals surface area (Å²) in [5.41, 5.74) is 12.9. The normalized spacial score (nSPS) is 22.5.